The molecule has 2 aromatic carbocycles. The molecule has 2 aromatic heterocycles. The minimum atomic E-state index is -3.65. The monoisotopic (exact) mass is 586 g/mol. The molecule has 194 valence electrons. The number of hydrogen-bond donors (Lipinski definition) is 2. The normalized spacial score (nSPS) is 15.4. The molecule has 1 aliphatic rings. The minimum Gasteiger partial charge on any atom is -0.332 e. The van der Waals surface area contributed by atoms with Crippen molar-refractivity contribution in [3.8, 4) is 11.4 Å². The largest absolute Gasteiger partial charge is 0.332 e. The average molecular weight is 588 g/mol. The Hall–Kier alpha value is -3.06. The van der Waals surface area contributed by atoms with Gasteiger partial charge in [-0.15, -0.1) is 0 Å². The molecule has 1 aliphatic heterocycles. The van der Waals surface area contributed by atoms with Crippen LogP contribution in [0.25, 0.3) is 22.6 Å². The van der Waals surface area contributed by atoms with E-state index < -0.39 is 21.3 Å². The first-order valence-electron chi connectivity index (χ1n) is 12.1. The van der Waals surface area contributed by atoms with E-state index in [0.29, 0.717) is 50.5 Å². The molecule has 4 aromatic rings. The quantitative estimate of drug-likeness (QED) is 0.343. The van der Waals surface area contributed by atoms with Crippen molar-refractivity contribution < 1.29 is 8.42 Å². The molecular weight excluding hydrogens is 560 g/mol. The second kappa shape index (κ2) is 10.4. The highest BCUT2D eigenvalue weighted by molar-refractivity contribution is 9.10. The Morgan fingerprint density at radius 2 is 1.73 bits per heavy atom. The summed E-state index contributed by atoms with van der Waals surface area (Å²) in [6.07, 6.45) is 0.644. The van der Waals surface area contributed by atoms with Gasteiger partial charge in [0.05, 0.1) is 4.90 Å². The van der Waals surface area contributed by atoms with Crippen molar-refractivity contribution in [3.63, 3.8) is 0 Å². The number of aromatic amines is 2. The molecule has 1 saturated heterocycles. The predicted octanol–water partition coefficient (Wildman–Crippen LogP) is 2.76. The molecule has 37 heavy (non-hydrogen) atoms. The van der Waals surface area contributed by atoms with Crippen LogP contribution in [-0.4, -0.2) is 63.3 Å². The molecule has 0 amide bonds. The molecule has 0 spiro atoms. The summed E-state index contributed by atoms with van der Waals surface area (Å²) in [5, 5.41) is 0. The van der Waals surface area contributed by atoms with Gasteiger partial charge in [0.1, 0.15) is 11.3 Å². The number of halogens is 1. The molecule has 0 bridgehead atoms. The van der Waals surface area contributed by atoms with Crippen molar-refractivity contribution in [2.75, 3.05) is 26.2 Å². The van der Waals surface area contributed by atoms with E-state index in [1.54, 1.807) is 24.3 Å². The Morgan fingerprint density at radius 1 is 1.00 bits per heavy atom. The topological polar surface area (TPSA) is 124 Å². The van der Waals surface area contributed by atoms with Crippen LogP contribution in [0.15, 0.2) is 67.5 Å². The number of rotatable bonds is 7. The number of benzene rings is 2. The third kappa shape index (κ3) is 5.19. The molecule has 10 nitrogen and oxygen atoms in total. The first-order valence-corrected chi connectivity index (χ1v) is 14.3. The summed E-state index contributed by atoms with van der Waals surface area (Å²) in [7, 11) is -3.65. The van der Waals surface area contributed by atoms with E-state index in [-0.39, 0.29) is 16.1 Å². The fourth-order valence-electron chi connectivity index (χ4n) is 4.53. The van der Waals surface area contributed by atoms with Crippen LogP contribution >= 0.6 is 15.9 Å². The van der Waals surface area contributed by atoms with E-state index in [9.17, 15) is 18.0 Å². The minimum absolute atomic E-state index is 0.176. The first-order chi connectivity index (χ1) is 17.8. The number of nitrogens with one attached hydrogen (secondary N) is 2. The lowest BCUT2D eigenvalue weighted by Crippen LogP contribution is -2.48. The summed E-state index contributed by atoms with van der Waals surface area (Å²) in [6.45, 7) is 5.09. The summed E-state index contributed by atoms with van der Waals surface area (Å²) >= 11 is 3.49. The average Bonchev–Trinajstić information content (AvgIpc) is 3.31. The van der Waals surface area contributed by atoms with E-state index in [4.69, 9.17) is 0 Å². The van der Waals surface area contributed by atoms with E-state index in [2.05, 4.69) is 47.9 Å². The Labute approximate surface area is 222 Å². The van der Waals surface area contributed by atoms with Gasteiger partial charge in [-0.3, -0.25) is 19.2 Å². The van der Waals surface area contributed by atoms with Crippen LogP contribution in [0.4, 0.5) is 0 Å². The molecular formula is C25H27BrN6O4S. The van der Waals surface area contributed by atoms with Crippen LogP contribution in [0.5, 0.6) is 0 Å². The summed E-state index contributed by atoms with van der Waals surface area (Å²) < 4.78 is 30.2. The molecule has 5 rings (SSSR count). The zero-order valence-corrected chi connectivity index (χ0v) is 22.7. The van der Waals surface area contributed by atoms with Gasteiger partial charge in [0, 0.05) is 49.3 Å². The number of fused-ring (bicyclic) bond motifs is 1. The van der Waals surface area contributed by atoms with Gasteiger partial charge >= 0.3 is 5.69 Å². The summed E-state index contributed by atoms with van der Waals surface area (Å²) in [5.74, 6) is 0.377. The van der Waals surface area contributed by atoms with Crippen molar-refractivity contribution in [2.45, 2.75) is 31.3 Å². The van der Waals surface area contributed by atoms with Crippen LogP contribution in [-0.2, 0) is 23.1 Å². The van der Waals surface area contributed by atoms with Crippen LogP contribution in [0, 0.1) is 0 Å². The van der Waals surface area contributed by atoms with Crippen LogP contribution < -0.4 is 11.2 Å². The lowest BCUT2D eigenvalue weighted by Gasteiger charge is -2.34. The van der Waals surface area contributed by atoms with Crippen molar-refractivity contribution in [1.29, 1.82) is 0 Å². The molecule has 3 heterocycles. The lowest BCUT2D eigenvalue weighted by molar-refractivity contribution is 0.181. The second-order valence-electron chi connectivity index (χ2n) is 9.03. The fraction of sp³-hybridized carbons (Fsp3) is 0.320. The highest BCUT2D eigenvalue weighted by Gasteiger charge is 2.28. The number of H-pyrrole nitrogens is 2. The smallest absolute Gasteiger partial charge is 0.330 e. The van der Waals surface area contributed by atoms with Gasteiger partial charge in [-0.05, 0) is 48.4 Å². The molecule has 0 radical (unpaired) electrons. The number of nitrogens with zero attached hydrogens (tertiary/aromatic N) is 4. The zero-order valence-electron chi connectivity index (χ0n) is 20.3. The van der Waals surface area contributed by atoms with Gasteiger partial charge in [-0.2, -0.15) is 4.31 Å². The standard InChI is InChI=1S/C25H27BrN6O4S/c1-2-10-32-24(33)21-23(29-25(32)34)28-22(27-21)18-6-8-20(9-7-18)37(35,36)31-13-11-30(12-14-31)16-17-4-3-5-19(26)15-17/h3-9,15H,2,10-14,16H2,1H3,(H,27,28)(H,29,34). The number of hydrogen-bond acceptors (Lipinski definition) is 6. The Morgan fingerprint density at radius 3 is 2.41 bits per heavy atom. The maximum absolute atomic E-state index is 13.3. The Balaban J connectivity index is 1.30. The third-order valence-corrected chi connectivity index (χ3v) is 8.88. The van der Waals surface area contributed by atoms with Gasteiger partial charge in [0.15, 0.2) is 5.65 Å². The number of sulfonamides is 1. The van der Waals surface area contributed by atoms with Gasteiger partial charge in [-0.1, -0.05) is 35.0 Å². The maximum atomic E-state index is 13.3. The van der Waals surface area contributed by atoms with E-state index >= 15 is 0 Å². The van der Waals surface area contributed by atoms with E-state index in [1.807, 2.05) is 19.1 Å². The number of imidazole rings is 1. The summed E-state index contributed by atoms with van der Waals surface area (Å²) in [5.41, 5.74) is 1.24. The van der Waals surface area contributed by atoms with Crippen molar-refractivity contribution in [2.24, 2.45) is 0 Å². The van der Waals surface area contributed by atoms with Gasteiger partial charge in [0.2, 0.25) is 10.0 Å². The molecule has 0 aliphatic carbocycles. The molecule has 12 heteroatoms. The summed E-state index contributed by atoms with van der Waals surface area (Å²) in [4.78, 5) is 37.3. The highest BCUT2D eigenvalue weighted by atomic mass is 79.9. The van der Waals surface area contributed by atoms with Crippen LogP contribution in [0.2, 0.25) is 0 Å². The fourth-order valence-corrected chi connectivity index (χ4v) is 6.40. The Bertz CT molecular complexity index is 1650. The van der Waals surface area contributed by atoms with Crippen LogP contribution in [0.1, 0.15) is 18.9 Å². The molecule has 0 unspecified atom stereocenters. The van der Waals surface area contributed by atoms with Crippen LogP contribution in [0.3, 0.4) is 0 Å². The van der Waals surface area contributed by atoms with E-state index in [1.165, 1.54) is 9.87 Å². The van der Waals surface area contributed by atoms with E-state index in [0.717, 1.165) is 15.6 Å². The van der Waals surface area contributed by atoms with Gasteiger partial charge < -0.3 is 4.98 Å². The molecule has 2 N–H and O–H groups in total. The number of piperazine rings is 1. The summed E-state index contributed by atoms with van der Waals surface area (Å²) in [6, 6.07) is 14.5. The maximum Gasteiger partial charge on any atom is 0.330 e. The SMILES string of the molecule is CCCn1c(=O)[nH]c2nc(-c3ccc(S(=O)(=O)N4CCN(Cc5cccc(Br)c5)CC4)cc3)[nH]c2c1=O. The zero-order chi connectivity index (χ0) is 26.2. The van der Waals surface area contributed by atoms with Crippen molar-refractivity contribution >= 4 is 37.1 Å². The van der Waals surface area contributed by atoms with Gasteiger partial charge in [-0.25, -0.2) is 18.2 Å². The molecule has 0 saturated carbocycles. The number of aromatic nitrogens is 4. The lowest BCUT2D eigenvalue weighted by atomic mass is 10.2. The molecule has 0 atom stereocenters. The third-order valence-electron chi connectivity index (χ3n) is 6.47. The van der Waals surface area contributed by atoms with Crippen molar-refractivity contribution in [3.05, 3.63) is 79.4 Å². The molecule has 1 fully saturated rings. The highest BCUT2D eigenvalue weighted by Crippen LogP contribution is 2.23. The van der Waals surface area contributed by atoms with Crippen molar-refractivity contribution in [1.82, 2.24) is 28.7 Å². The first kappa shape index (κ1) is 25.6. The van der Waals surface area contributed by atoms with Gasteiger partial charge in [0.25, 0.3) is 5.56 Å². The Kier molecular flexibility index (Phi) is 7.17. The second-order valence-corrected chi connectivity index (χ2v) is 11.9. The predicted molar refractivity (Wildman–Crippen MR) is 145 cm³/mol.